The zero-order chi connectivity index (χ0) is 10.1. The summed E-state index contributed by atoms with van der Waals surface area (Å²) < 4.78 is 0. The molecule has 2 heteroatoms. The maximum Gasteiger partial charge on any atom is 0.0394 e. The maximum atomic E-state index is 6.12. The highest BCUT2D eigenvalue weighted by Gasteiger charge is 2.19. The molecule has 3 N–H and O–H groups in total. The molecule has 14 heavy (non-hydrogen) atoms. The first-order valence-corrected chi connectivity index (χ1v) is 5.29. The standard InChI is InChI=1S/C12H18N2/c1-8-5-6-10(12(13)9(8)2)11-4-3-7-14-11/h5-6,11,14H,3-4,7,13H2,1-2H3/t11-/m1/s1. The Morgan fingerprint density at radius 1 is 1.36 bits per heavy atom. The highest BCUT2D eigenvalue weighted by atomic mass is 14.9. The van der Waals surface area contributed by atoms with E-state index in [-0.39, 0.29) is 0 Å². The molecule has 2 rings (SSSR count). The number of benzene rings is 1. The number of nitrogens with one attached hydrogen (secondary N) is 1. The highest BCUT2D eigenvalue weighted by molar-refractivity contribution is 5.57. The van der Waals surface area contributed by atoms with Crippen LogP contribution in [-0.4, -0.2) is 6.54 Å². The predicted octanol–water partition coefficient (Wildman–Crippen LogP) is 2.31. The molecule has 2 nitrogen and oxygen atoms in total. The molecule has 0 aromatic heterocycles. The van der Waals surface area contributed by atoms with Gasteiger partial charge in [-0.05, 0) is 49.9 Å². The molecular weight excluding hydrogens is 172 g/mol. The normalized spacial score (nSPS) is 21.4. The van der Waals surface area contributed by atoms with Crippen molar-refractivity contribution in [1.82, 2.24) is 5.32 Å². The van der Waals surface area contributed by atoms with Crippen molar-refractivity contribution in [1.29, 1.82) is 0 Å². The maximum absolute atomic E-state index is 6.12. The van der Waals surface area contributed by atoms with E-state index in [0.29, 0.717) is 6.04 Å². The minimum absolute atomic E-state index is 0.481. The molecule has 0 spiro atoms. The summed E-state index contributed by atoms with van der Waals surface area (Å²) >= 11 is 0. The van der Waals surface area contributed by atoms with Crippen LogP contribution < -0.4 is 11.1 Å². The average molecular weight is 190 g/mol. The predicted molar refractivity (Wildman–Crippen MR) is 60.3 cm³/mol. The number of aryl methyl sites for hydroxylation is 1. The van der Waals surface area contributed by atoms with Gasteiger partial charge in [0.15, 0.2) is 0 Å². The molecule has 0 unspecified atom stereocenters. The van der Waals surface area contributed by atoms with Crippen LogP contribution in [0.25, 0.3) is 0 Å². The minimum Gasteiger partial charge on any atom is -0.398 e. The molecule has 1 heterocycles. The molecule has 76 valence electrons. The Bertz CT molecular complexity index is 338. The van der Waals surface area contributed by atoms with Crippen LogP contribution in [0.15, 0.2) is 12.1 Å². The van der Waals surface area contributed by atoms with Crippen molar-refractivity contribution in [2.24, 2.45) is 0 Å². The largest absolute Gasteiger partial charge is 0.398 e. The lowest BCUT2D eigenvalue weighted by Gasteiger charge is -2.16. The van der Waals surface area contributed by atoms with Gasteiger partial charge in [-0.2, -0.15) is 0 Å². The highest BCUT2D eigenvalue weighted by Crippen LogP contribution is 2.30. The SMILES string of the molecule is Cc1ccc([C@H]2CCCN2)c(N)c1C. The minimum atomic E-state index is 0.481. The molecule has 0 aliphatic carbocycles. The molecule has 1 fully saturated rings. The van der Waals surface area contributed by atoms with E-state index in [0.717, 1.165) is 12.2 Å². The van der Waals surface area contributed by atoms with Gasteiger partial charge in [0.05, 0.1) is 0 Å². The zero-order valence-electron chi connectivity index (χ0n) is 8.93. The quantitative estimate of drug-likeness (QED) is 0.667. The number of rotatable bonds is 1. The molecule has 0 radical (unpaired) electrons. The Morgan fingerprint density at radius 2 is 2.14 bits per heavy atom. The number of nitrogens with two attached hydrogens (primary N) is 1. The third kappa shape index (κ3) is 1.50. The summed E-state index contributed by atoms with van der Waals surface area (Å²) in [4.78, 5) is 0. The lowest BCUT2D eigenvalue weighted by atomic mass is 9.97. The first kappa shape index (κ1) is 9.53. The number of hydrogen-bond donors (Lipinski definition) is 2. The van der Waals surface area contributed by atoms with Gasteiger partial charge in [-0.3, -0.25) is 0 Å². The molecule has 1 aliphatic heterocycles. The average Bonchev–Trinajstić information content (AvgIpc) is 2.67. The summed E-state index contributed by atoms with van der Waals surface area (Å²) in [5.74, 6) is 0. The first-order chi connectivity index (χ1) is 6.70. The van der Waals surface area contributed by atoms with Crippen LogP contribution in [0.5, 0.6) is 0 Å². The zero-order valence-corrected chi connectivity index (χ0v) is 8.93. The van der Waals surface area contributed by atoms with E-state index in [1.54, 1.807) is 0 Å². The van der Waals surface area contributed by atoms with Gasteiger partial charge >= 0.3 is 0 Å². The topological polar surface area (TPSA) is 38.0 Å². The van der Waals surface area contributed by atoms with Crippen LogP contribution in [0.3, 0.4) is 0 Å². The van der Waals surface area contributed by atoms with Crippen LogP contribution in [0.4, 0.5) is 5.69 Å². The molecule has 1 atom stereocenters. The van der Waals surface area contributed by atoms with Crippen molar-refractivity contribution in [2.75, 3.05) is 12.3 Å². The molecular formula is C12H18N2. The van der Waals surface area contributed by atoms with E-state index in [2.05, 4.69) is 31.3 Å². The third-order valence-electron chi connectivity index (χ3n) is 3.26. The Kier molecular flexibility index (Phi) is 2.46. The first-order valence-electron chi connectivity index (χ1n) is 5.29. The van der Waals surface area contributed by atoms with Gasteiger partial charge in [0.25, 0.3) is 0 Å². The van der Waals surface area contributed by atoms with Crippen LogP contribution >= 0.6 is 0 Å². The van der Waals surface area contributed by atoms with Crippen molar-refractivity contribution < 1.29 is 0 Å². The van der Waals surface area contributed by atoms with Crippen molar-refractivity contribution in [3.63, 3.8) is 0 Å². The third-order valence-corrected chi connectivity index (χ3v) is 3.26. The lowest BCUT2D eigenvalue weighted by molar-refractivity contribution is 0.649. The molecule has 0 amide bonds. The number of nitrogen functional groups attached to an aromatic ring is 1. The van der Waals surface area contributed by atoms with Gasteiger partial charge in [0, 0.05) is 11.7 Å². The smallest absolute Gasteiger partial charge is 0.0394 e. The van der Waals surface area contributed by atoms with E-state index in [1.165, 1.54) is 29.5 Å². The fourth-order valence-electron chi connectivity index (χ4n) is 2.11. The summed E-state index contributed by atoms with van der Waals surface area (Å²) in [5, 5.41) is 3.48. The fraction of sp³-hybridized carbons (Fsp3) is 0.500. The van der Waals surface area contributed by atoms with E-state index in [1.807, 2.05) is 0 Å². The van der Waals surface area contributed by atoms with Gasteiger partial charge in [0.2, 0.25) is 0 Å². The van der Waals surface area contributed by atoms with Crippen LogP contribution in [0, 0.1) is 13.8 Å². The summed E-state index contributed by atoms with van der Waals surface area (Å²) in [6.07, 6.45) is 2.48. The Hall–Kier alpha value is -1.02. The van der Waals surface area contributed by atoms with E-state index < -0.39 is 0 Å². The molecule has 1 saturated heterocycles. The van der Waals surface area contributed by atoms with Crippen molar-refractivity contribution in [2.45, 2.75) is 32.7 Å². The number of anilines is 1. The molecule has 1 aromatic rings. The summed E-state index contributed by atoms with van der Waals surface area (Å²) in [5.41, 5.74) is 10.9. The Morgan fingerprint density at radius 3 is 2.79 bits per heavy atom. The molecule has 1 aromatic carbocycles. The Labute approximate surface area is 85.5 Å². The van der Waals surface area contributed by atoms with Crippen LogP contribution in [-0.2, 0) is 0 Å². The van der Waals surface area contributed by atoms with Crippen LogP contribution in [0.1, 0.15) is 35.6 Å². The second-order valence-corrected chi connectivity index (χ2v) is 4.16. The monoisotopic (exact) mass is 190 g/mol. The van der Waals surface area contributed by atoms with E-state index in [9.17, 15) is 0 Å². The second kappa shape index (κ2) is 3.62. The van der Waals surface area contributed by atoms with E-state index in [4.69, 9.17) is 5.73 Å². The molecule has 0 saturated carbocycles. The molecule has 0 bridgehead atoms. The lowest BCUT2D eigenvalue weighted by Crippen LogP contribution is -2.15. The van der Waals surface area contributed by atoms with Gasteiger partial charge in [-0.15, -0.1) is 0 Å². The summed E-state index contributed by atoms with van der Waals surface area (Å²) in [6.45, 7) is 5.33. The van der Waals surface area contributed by atoms with Crippen molar-refractivity contribution in [3.8, 4) is 0 Å². The van der Waals surface area contributed by atoms with E-state index >= 15 is 0 Å². The fourth-order valence-corrected chi connectivity index (χ4v) is 2.11. The van der Waals surface area contributed by atoms with Gasteiger partial charge in [-0.1, -0.05) is 12.1 Å². The Balaban J connectivity index is 2.38. The van der Waals surface area contributed by atoms with Gasteiger partial charge < -0.3 is 11.1 Å². The van der Waals surface area contributed by atoms with Crippen molar-refractivity contribution in [3.05, 3.63) is 28.8 Å². The van der Waals surface area contributed by atoms with Gasteiger partial charge in [-0.25, -0.2) is 0 Å². The van der Waals surface area contributed by atoms with Crippen LogP contribution in [0.2, 0.25) is 0 Å². The summed E-state index contributed by atoms with van der Waals surface area (Å²) in [7, 11) is 0. The summed E-state index contributed by atoms with van der Waals surface area (Å²) in [6, 6.07) is 4.82. The van der Waals surface area contributed by atoms with Gasteiger partial charge in [0.1, 0.15) is 0 Å². The van der Waals surface area contributed by atoms with Crippen molar-refractivity contribution >= 4 is 5.69 Å². The second-order valence-electron chi connectivity index (χ2n) is 4.16. The molecule has 1 aliphatic rings. The number of hydrogen-bond acceptors (Lipinski definition) is 2.